The molecule has 3 atom stereocenters. The summed E-state index contributed by atoms with van der Waals surface area (Å²) < 4.78 is 40.0. The van der Waals surface area contributed by atoms with Gasteiger partial charge in [-0.05, 0) is 43.9 Å². The number of carboxylic acid groups (broad SMARTS) is 1. The van der Waals surface area contributed by atoms with E-state index in [4.69, 9.17) is 5.11 Å². The molecule has 1 N–H and O–H groups in total. The molecule has 3 aliphatic rings. The van der Waals surface area contributed by atoms with E-state index < -0.39 is 17.8 Å². The summed E-state index contributed by atoms with van der Waals surface area (Å²) in [6.45, 7) is 3.91. The summed E-state index contributed by atoms with van der Waals surface area (Å²) >= 11 is 0. The Morgan fingerprint density at radius 2 is 2.15 bits per heavy atom. The van der Waals surface area contributed by atoms with Gasteiger partial charge in [-0.15, -0.1) is 0 Å². The van der Waals surface area contributed by atoms with Crippen LogP contribution in [-0.2, 0) is 11.0 Å². The minimum absolute atomic E-state index is 0.0446. The van der Waals surface area contributed by atoms with Crippen LogP contribution in [0.5, 0.6) is 0 Å². The van der Waals surface area contributed by atoms with Crippen LogP contribution in [0.15, 0.2) is 6.07 Å². The van der Waals surface area contributed by atoms with Crippen molar-refractivity contribution in [3.8, 4) is 0 Å². The van der Waals surface area contributed by atoms with Crippen LogP contribution in [-0.4, -0.2) is 46.7 Å². The number of halogens is 3. The SMILES string of the molecule is C[C@H]1CCN1c1nc(N2CCC3(CC3CCC(=O)O)C2)cc(C(F)(F)F)n1. The quantitative estimate of drug-likeness (QED) is 0.841. The maximum Gasteiger partial charge on any atom is 0.433 e. The Bertz CT molecular complexity index is 757. The van der Waals surface area contributed by atoms with E-state index in [1.165, 1.54) is 0 Å². The average Bonchev–Trinajstić information content (AvgIpc) is 3.07. The molecule has 0 amide bonds. The van der Waals surface area contributed by atoms with Crippen LogP contribution in [0.3, 0.4) is 0 Å². The number of anilines is 2. The zero-order chi connectivity index (χ0) is 19.4. The van der Waals surface area contributed by atoms with Gasteiger partial charge < -0.3 is 14.9 Å². The number of hydrogen-bond acceptors (Lipinski definition) is 5. The number of aliphatic carboxylic acids is 1. The molecular weight excluding hydrogens is 361 g/mol. The minimum Gasteiger partial charge on any atom is -0.481 e. The van der Waals surface area contributed by atoms with Gasteiger partial charge in [0.1, 0.15) is 5.82 Å². The van der Waals surface area contributed by atoms with E-state index in [0.29, 0.717) is 37.8 Å². The number of carboxylic acids is 1. The summed E-state index contributed by atoms with van der Waals surface area (Å²) in [7, 11) is 0. The molecule has 2 aliphatic heterocycles. The lowest BCUT2D eigenvalue weighted by Crippen LogP contribution is -2.47. The van der Waals surface area contributed by atoms with Gasteiger partial charge >= 0.3 is 12.1 Å². The highest BCUT2D eigenvalue weighted by atomic mass is 19.4. The monoisotopic (exact) mass is 384 g/mol. The molecule has 2 unspecified atom stereocenters. The second-order valence-electron chi connectivity index (χ2n) is 8.11. The Labute approximate surface area is 155 Å². The lowest BCUT2D eigenvalue weighted by molar-refractivity contribution is -0.141. The molecule has 1 saturated carbocycles. The van der Waals surface area contributed by atoms with Crippen molar-refractivity contribution in [1.29, 1.82) is 0 Å². The second-order valence-corrected chi connectivity index (χ2v) is 8.11. The van der Waals surface area contributed by atoms with Crippen LogP contribution >= 0.6 is 0 Å². The molecule has 3 fully saturated rings. The molecule has 3 heterocycles. The van der Waals surface area contributed by atoms with Gasteiger partial charge in [-0.3, -0.25) is 4.79 Å². The smallest absolute Gasteiger partial charge is 0.433 e. The van der Waals surface area contributed by atoms with Gasteiger partial charge in [0.2, 0.25) is 5.95 Å². The van der Waals surface area contributed by atoms with Gasteiger partial charge in [0, 0.05) is 38.2 Å². The van der Waals surface area contributed by atoms with Gasteiger partial charge in [-0.25, -0.2) is 4.98 Å². The van der Waals surface area contributed by atoms with Crippen molar-refractivity contribution in [3.05, 3.63) is 11.8 Å². The average molecular weight is 384 g/mol. The van der Waals surface area contributed by atoms with Crippen LogP contribution in [0.4, 0.5) is 24.9 Å². The van der Waals surface area contributed by atoms with Gasteiger partial charge in [-0.1, -0.05) is 0 Å². The molecule has 148 valence electrons. The standard InChI is InChI=1S/C18H23F3N4O2/c1-11-4-6-25(11)16-22-13(18(19,20)21)8-14(23-16)24-7-5-17(10-24)9-12(17)2-3-15(26)27/h8,11-12H,2-7,9-10H2,1H3,(H,26,27)/t11-,12?,17?/m0/s1. The van der Waals surface area contributed by atoms with Crippen molar-refractivity contribution in [2.24, 2.45) is 11.3 Å². The van der Waals surface area contributed by atoms with Crippen LogP contribution in [0.25, 0.3) is 0 Å². The highest BCUT2D eigenvalue weighted by molar-refractivity contribution is 5.66. The van der Waals surface area contributed by atoms with E-state index in [1.54, 1.807) is 4.90 Å². The van der Waals surface area contributed by atoms with Crippen molar-refractivity contribution < 1.29 is 23.1 Å². The summed E-state index contributed by atoms with van der Waals surface area (Å²) in [6.07, 6.45) is -0.983. The Balaban J connectivity index is 1.53. The molecule has 6 nitrogen and oxygen atoms in total. The van der Waals surface area contributed by atoms with Crippen molar-refractivity contribution in [1.82, 2.24) is 9.97 Å². The highest BCUT2D eigenvalue weighted by Gasteiger charge is 2.57. The van der Waals surface area contributed by atoms with Crippen LogP contribution in [0.2, 0.25) is 0 Å². The van der Waals surface area contributed by atoms with Crippen LogP contribution in [0, 0.1) is 11.3 Å². The third kappa shape index (κ3) is 3.43. The third-order valence-corrected chi connectivity index (χ3v) is 6.34. The van der Waals surface area contributed by atoms with Crippen molar-refractivity contribution in [2.45, 2.75) is 51.2 Å². The molecule has 0 aromatic carbocycles. The Kier molecular flexibility index (Phi) is 4.23. The minimum atomic E-state index is -4.51. The van der Waals surface area contributed by atoms with E-state index in [0.717, 1.165) is 25.3 Å². The normalized spacial score (nSPS) is 29.9. The topological polar surface area (TPSA) is 69.6 Å². The van der Waals surface area contributed by atoms with Crippen LogP contribution in [0.1, 0.15) is 44.7 Å². The summed E-state index contributed by atoms with van der Waals surface area (Å²) in [5, 5.41) is 8.85. The molecule has 1 aliphatic carbocycles. The van der Waals surface area contributed by atoms with Gasteiger partial charge in [0.05, 0.1) is 0 Å². The zero-order valence-electron chi connectivity index (χ0n) is 15.2. The fraction of sp³-hybridized carbons (Fsp3) is 0.722. The molecular formula is C18H23F3N4O2. The fourth-order valence-electron chi connectivity index (χ4n) is 4.40. The Morgan fingerprint density at radius 3 is 2.74 bits per heavy atom. The highest BCUT2D eigenvalue weighted by Crippen LogP contribution is 2.60. The molecule has 1 spiro atoms. The summed E-state index contributed by atoms with van der Waals surface area (Å²) in [4.78, 5) is 22.7. The first-order valence-electron chi connectivity index (χ1n) is 9.38. The molecule has 0 bridgehead atoms. The third-order valence-electron chi connectivity index (χ3n) is 6.34. The first-order valence-corrected chi connectivity index (χ1v) is 9.38. The maximum atomic E-state index is 13.3. The van der Waals surface area contributed by atoms with E-state index in [-0.39, 0.29) is 23.8 Å². The summed E-state index contributed by atoms with van der Waals surface area (Å²) in [5.41, 5.74) is -0.857. The number of carbonyl (C=O) groups is 1. The van der Waals surface area contributed by atoms with E-state index >= 15 is 0 Å². The van der Waals surface area contributed by atoms with Crippen molar-refractivity contribution >= 4 is 17.7 Å². The largest absolute Gasteiger partial charge is 0.481 e. The summed E-state index contributed by atoms with van der Waals surface area (Å²) in [6, 6.07) is 1.19. The molecule has 4 rings (SSSR count). The maximum absolute atomic E-state index is 13.3. The first-order chi connectivity index (χ1) is 12.7. The van der Waals surface area contributed by atoms with Gasteiger partial charge in [0.25, 0.3) is 0 Å². The molecule has 27 heavy (non-hydrogen) atoms. The molecule has 1 aromatic rings. The Hall–Kier alpha value is -2.06. The zero-order valence-corrected chi connectivity index (χ0v) is 15.2. The van der Waals surface area contributed by atoms with E-state index in [2.05, 4.69) is 9.97 Å². The number of alkyl halides is 3. The predicted octanol–water partition coefficient (Wildman–Crippen LogP) is 3.18. The van der Waals surface area contributed by atoms with E-state index in [9.17, 15) is 18.0 Å². The Morgan fingerprint density at radius 1 is 1.37 bits per heavy atom. The van der Waals surface area contributed by atoms with E-state index in [1.807, 2.05) is 11.8 Å². The second kappa shape index (κ2) is 6.24. The molecule has 2 saturated heterocycles. The molecule has 1 aromatic heterocycles. The predicted molar refractivity (Wildman–Crippen MR) is 92.7 cm³/mol. The number of rotatable bonds is 5. The molecule has 9 heteroatoms. The van der Waals surface area contributed by atoms with Crippen molar-refractivity contribution in [3.63, 3.8) is 0 Å². The number of hydrogen-bond donors (Lipinski definition) is 1. The number of nitrogens with zero attached hydrogens (tertiary/aromatic N) is 4. The lowest BCUT2D eigenvalue weighted by Gasteiger charge is -2.39. The van der Waals surface area contributed by atoms with Crippen molar-refractivity contribution in [2.75, 3.05) is 29.4 Å². The summed E-state index contributed by atoms with van der Waals surface area (Å²) in [5.74, 6) is 0.0214. The van der Waals surface area contributed by atoms with Gasteiger partial charge in [-0.2, -0.15) is 18.2 Å². The van der Waals surface area contributed by atoms with Crippen LogP contribution < -0.4 is 9.80 Å². The molecule has 0 radical (unpaired) electrons. The van der Waals surface area contributed by atoms with Gasteiger partial charge in [0.15, 0.2) is 5.69 Å². The lowest BCUT2D eigenvalue weighted by atomic mass is 10.0. The number of aromatic nitrogens is 2. The first kappa shape index (κ1) is 18.3. The fourth-order valence-corrected chi connectivity index (χ4v) is 4.40.